The van der Waals surface area contributed by atoms with E-state index in [4.69, 9.17) is 0 Å². The van der Waals surface area contributed by atoms with E-state index in [1.54, 1.807) is 0 Å². The van der Waals surface area contributed by atoms with Crippen molar-refractivity contribution < 1.29 is 4.79 Å². The van der Waals surface area contributed by atoms with Gasteiger partial charge in [-0.3, -0.25) is 10.1 Å². The van der Waals surface area contributed by atoms with E-state index in [0.29, 0.717) is 0 Å². The summed E-state index contributed by atoms with van der Waals surface area (Å²) in [6.07, 6.45) is 8.78. The van der Waals surface area contributed by atoms with Gasteiger partial charge in [-0.15, -0.1) is 24.2 Å². The van der Waals surface area contributed by atoms with Crippen LogP contribution < -0.4 is 5.32 Å². The zero-order chi connectivity index (χ0) is 15.6. The maximum atomic E-state index is 12.9. The first-order valence-electron chi connectivity index (χ1n) is 9.31. The Morgan fingerprint density at radius 2 is 1.83 bits per heavy atom. The van der Waals surface area contributed by atoms with Crippen molar-refractivity contribution in [2.45, 2.75) is 61.9 Å². The molecule has 2 heterocycles. The quantitative estimate of drug-likeness (QED) is 0.774. The number of nitrogens with one attached hydrogen (secondary N) is 1. The van der Waals surface area contributed by atoms with Crippen molar-refractivity contribution in [3.63, 3.8) is 0 Å². The Labute approximate surface area is 154 Å². The van der Waals surface area contributed by atoms with E-state index < -0.39 is 0 Å². The lowest BCUT2D eigenvalue weighted by Gasteiger charge is -2.59. The summed E-state index contributed by atoms with van der Waals surface area (Å²) in [5.41, 5.74) is 0. The standard InChI is InChI=1S/C18H25N3OS.ClH/c19-9-15-2-1-3-21(15)17(22)16-10-23-18(20-16)13-5-11-4-12(7-13)8-14(18)6-11;/h11-16,20H,1-8,10H2;1H/t11?,12?,13?,14?,15-,16-,18?;/m0./s1. The molecule has 4 saturated carbocycles. The van der Waals surface area contributed by atoms with Crippen LogP contribution in [0.25, 0.3) is 0 Å². The van der Waals surface area contributed by atoms with Crippen molar-refractivity contribution in [1.82, 2.24) is 10.2 Å². The highest BCUT2D eigenvalue weighted by Gasteiger charge is 2.60. The van der Waals surface area contributed by atoms with Crippen molar-refractivity contribution >= 4 is 30.1 Å². The Morgan fingerprint density at radius 3 is 2.46 bits per heavy atom. The summed E-state index contributed by atoms with van der Waals surface area (Å²) in [6.45, 7) is 0.768. The van der Waals surface area contributed by atoms with Crippen LogP contribution in [0.3, 0.4) is 0 Å². The highest BCUT2D eigenvalue weighted by atomic mass is 35.5. The summed E-state index contributed by atoms with van der Waals surface area (Å²) in [5, 5.41) is 13.1. The molecule has 0 aromatic heterocycles. The summed E-state index contributed by atoms with van der Waals surface area (Å²) in [7, 11) is 0. The Kier molecular flexibility index (Phi) is 4.30. The second kappa shape index (κ2) is 6.07. The van der Waals surface area contributed by atoms with E-state index in [0.717, 1.165) is 48.8 Å². The molecule has 4 nitrogen and oxygen atoms in total. The number of likely N-dealkylation sites (tertiary alicyclic amines) is 1. The number of nitriles is 1. The molecule has 1 spiro atoms. The van der Waals surface area contributed by atoms with Crippen LogP contribution in [0.4, 0.5) is 0 Å². The average molecular weight is 368 g/mol. The number of nitrogens with zero attached hydrogens (tertiary/aromatic N) is 2. The normalized spacial score (nSPS) is 48.5. The summed E-state index contributed by atoms with van der Waals surface area (Å²) < 4.78 is 0. The molecule has 4 bridgehead atoms. The molecule has 2 saturated heterocycles. The minimum absolute atomic E-state index is 0. The van der Waals surface area contributed by atoms with Gasteiger partial charge in [0.2, 0.25) is 5.91 Å². The van der Waals surface area contributed by atoms with Crippen LogP contribution in [0.15, 0.2) is 0 Å². The minimum atomic E-state index is -0.190. The van der Waals surface area contributed by atoms with Crippen molar-refractivity contribution in [2.75, 3.05) is 12.3 Å². The number of carbonyl (C=O) groups is 1. The lowest BCUT2D eigenvalue weighted by atomic mass is 9.53. The van der Waals surface area contributed by atoms with E-state index in [1.165, 1.54) is 32.1 Å². The van der Waals surface area contributed by atoms with Crippen molar-refractivity contribution in [1.29, 1.82) is 5.26 Å². The predicted molar refractivity (Wildman–Crippen MR) is 96.8 cm³/mol. The first-order valence-corrected chi connectivity index (χ1v) is 10.3. The molecular weight excluding hydrogens is 342 g/mol. The van der Waals surface area contributed by atoms with Crippen LogP contribution in [0.2, 0.25) is 0 Å². The molecule has 6 aliphatic rings. The van der Waals surface area contributed by atoms with E-state index in [9.17, 15) is 10.1 Å². The molecule has 24 heavy (non-hydrogen) atoms. The Balaban J connectivity index is 0.00000146. The summed E-state index contributed by atoms with van der Waals surface area (Å²) in [6, 6.07) is 2.06. The number of thioether (sulfide) groups is 1. The molecule has 6 rings (SSSR count). The van der Waals surface area contributed by atoms with Crippen LogP contribution in [0.5, 0.6) is 0 Å². The smallest absolute Gasteiger partial charge is 0.241 e. The summed E-state index contributed by atoms with van der Waals surface area (Å²) in [4.78, 5) is 15.0. The lowest BCUT2D eigenvalue weighted by molar-refractivity contribution is -0.133. The first kappa shape index (κ1) is 17.0. The highest BCUT2D eigenvalue weighted by molar-refractivity contribution is 8.01. The molecule has 132 valence electrons. The summed E-state index contributed by atoms with van der Waals surface area (Å²) in [5.74, 6) is 4.55. The van der Waals surface area contributed by atoms with Crippen LogP contribution in [-0.4, -0.2) is 40.1 Å². The number of carbonyl (C=O) groups excluding carboxylic acids is 1. The largest absolute Gasteiger partial charge is 0.325 e. The second-order valence-electron chi connectivity index (χ2n) is 8.42. The molecule has 6 heteroatoms. The van der Waals surface area contributed by atoms with Gasteiger partial charge in [-0.05, 0) is 68.6 Å². The van der Waals surface area contributed by atoms with Gasteiger partial charge in [0.15, 0.2) is 0 Å². The van der Waals surface area contributed by atoms with Gasteiger partial charge in [0.05, 0.1) is 17.0 Å². The molecule has 4 aliphatic carbocycles. The summed E-state index contributed by atoms with van der Waals surface area (Å²) >= 11 is 2.04. The van der Waals surface area contributed by atoms with E-state index in [2.05, 4.69) is 11.4 Å². The number of hydrogen-bond donors (Lipinski definition) is 1. The van der Waals surface area contributed by atoms with Gasteiger partial charge in [-0.1, -0.05) is 0 Å². The molecule has 0 aromatic carbocycles. The van der Waals surface area contributed by atoms with Gasteiger partial charge in [0.25, 0.3) is 0 Å². The van der Waals surface area contributed by atoms with Crippen LogP contribution >= 0.6 is 24.2 Å². The zero-order valence-corrected chi connectivity index (χ0v) is 15.6. The first-order chi connectivity index (χ1) is 11.2. The fourth-order valence-corrected chi connectivity index (χ4v) is 8.18. The topological polar surface area (TPSA) is 56.1 Å². The van der Waals surface area contributed by atoms with Crippen molar-refractivity contribution in [3.05, 3.63) is 0 Å². The van der Waals surface area contributed by atoms with E-state index >= 15 is 0 Å². The molecule has 1 amide bonds. The third-order valence-electron chi connectivity index (χ3n) is 7.22. The minimum Gasteiger partial charge on any atom is -0.325 e. The van der Waals surface area contributed by atoms with Gasteiger partial charge < -0.3 is 4.90 Å². The molecule has 1 N–H and O–H groups in total. The molecular formula is C18H26ClN3OS. The van der Waals surface area contributed by atoms with E-state index in [1.807, 2.05) is 16.7 Å². The number of rotatable bonds is 1. The second-order valence-corrected chi connectivity index (χ2v) is 9.72. The number of halogens is 1. The Hall–Kier alpha value is -0.440. The fraction of sp³-hybridized carbons (Fsp3) is 0.889. The number of amides is 1. The third-order valence-corrected chi connectivity index (χ3v) is 8.98. The van der Waals surface area contributed by atoms with Crippen LogP contribution in [0.1, 0.15) is 44.9 Å². The molecule has 2 atom stereocenters. The molecule has 0 unspecified atom stereocenters. The Bertz CT molecular complexity index is 549. The Morgan fingerprint density at radius 1 is 1.17 bits per heavy atom. The highest BCUT2D eigenvalue weighted by Crippen LogP contribution is 2.63. The zero-order valence-electron chi connectivity index (χ0n) is 13.9. The average Bonchev–Trinajstić information content (AvgIpc) is 3.19. The predicted octanol–water partition coefficient (Wildman–Crippen LogP) is 2.78. The van der Waals surface area contributed by atoms with Crippen LogP contribution in [0, 0.1) is 35.0 Å². The molecule has 2 aliphatic heterocycles. The van der Waals surface area contributed by atoms with Crippen LogP contribution in [-0.2, 0) is 4.79 Å². The maximum absolute atomic E-state index is 12.9. The lowest BCUT2D eigenvalue weighted by Crippen LogP contribution is -2.63. The monoisotopic (exact) mass is 367 g/mol. The maximum Gasteiger partial charge on any atom is 0.241 e. The van der Waals surface area contributed by atoms with Gasteiger partial charge in [-0.2, -0.15) is 5.26 Å². The SMILES string of the molecule is Cl.N#C[C@@H]1CCCN1C(=O)[C@@H]1CSC2(N1)C1CC3CC(C1)CC2C3. The van der Waals surface area contributed by atoms with Gasteiger partial charge in [0.1, 0.15) is 6.04 Å². The van der Waals surface area contributed by atoms with Crippen molar-refractivity contribution in [3.8, 4) is 6.07 Å². The molecule has 0 aromatic rings. The fourth-order valence-electron chi connectivity index (χ4n) is 6.43. The van der Waals surface area contributed by atoms with E-state index in [-0.39, 0.29) is 35.3 Å². The van der Waals surface area contributed by atoms with Gasteiger partial charge in [-0.25, -0.2) is 0 Å². The molecule has 6 fully saturated rings. The van der Waals surface area contributed by atoms with Gasteiger partial charge >= 0.3 is 0 Å². The molecule has 0 radical (unpaired) electrons. The third kappa shape index (κ3) is 2.33. The number of hydrogen-bond acceptors (Lipinski definition) is 4. The van der Waals surface area contributed by atoms with Crippen molar-refractivity contribution in [2.24, 2.45) is 23.7 Å². The van der Waals surface area contributed by atoms with Gasteiger partial charge in [0, 0.05) is 12.3 Å².